The minimum absolute atomic E-state index is 0.0213. The van der Waals surface area contributed by atoms with Crippen molar-refractivity contribution in [3.8, 4) is 6.07 Å². The van der Waals surface area contributed by atoms with Gasteiger partial charge in [-0.25, -0.2) is 4.98 Å². The van der Waals surface area contributed by atoms with Crippen molar-refractivity contribution in [2.45, 2.75) is 37.8 Å². The number of aliphatic hydroxyl groups excluding tert-OH is 1. The third kappa shape index (κ3) is 2.66. The normalized spacial score (nSPS) is 24.0. The summed E-state index contributed by atoms with van der Waals surface area (Å²) in [5, 5.41) is 22.0. The molecule has 5 heteroatoms. The molecule has 1 aliphatic rings. The first-order valence-corrected chi connectivity index (χ1v) is 5.81. The summed E-state index contributed by atoms with van der Waals surface area (Å²) < 4.78 is 0. The maximum Gasteiger partial charge on any atom is 0.144 e. The predicted molar refractivity (Wildman–Crippen MR) is 65.2 cm³/mol. The van der Waals surface area contributed by atoms with Crippen molar-refractivity contribution >= 4 is 11.5 Å². The highest BCUT2D eigenvalue weighted by atomic mass is 16.3. The molecule has 1 aliphatic carbocycles. The standard InChI is InChI=1S/C12H16N4O/c13-6-8-5-9(14)7-15-12(8)16-10-3-1-2-4-11(10)17/h5,7,10-11,17H,1-4,14H2,(H,15,16). The van der Waals surface area contributed by atoms with Gasteiger partial charge >= 0.3 is 0 Å². The van der Waals surface area contributed by atoms with Crippen molar-refractivity contribution in [2.24, 2.45) is 0 Å². The molecular weight excluding hydrogens is 216 g/mol. The number of nitrogens with zero attached hydrogens (tertiary/aromatic N) is 2. The Morgan fingerprint density at radius 2 is 2.24 bits per heavy atom. The van der Waals surface area contributed by atoms with Crippen molar-refractivity contribution in [3.05, 3.63) is 17.8 Å². The van der Waals surface area contributed by atoms with Crippen LogP contribution in [0.2, 0.25) is 0 Å². The number of aromatic nitrogens is 1. The van der Waals surface area contributed by atoms with Crippen molar-refractivity contribution in [2.75, 3.05) is 11.1 Å². The second kappa shape index (κ2) is 5.02. The Morgan fingerprint density at radius 1 is 1.47 bits per heavy atom. The van der Waals surface area contributed by atoms with E-state index >= 15 is 0 Å². The van der Waals surface area contributed by atoms with Crippen molar-refractivity contribution in [1.29, 1.82) is 5.26 Å². The smallest absolute Gasteiger partial charge is 0.144 e. The van der Waals surface area contributed by atoms with Crippen molar-refractivity contribution in [1.82, 2.24) is 4.98 Å². The highest BCUT2D eigenvalue weighted by Gasteiger charge is 2.23. The van der Waals surface area contributed by atoms with Crippen LogP contribution in [0.3, 0.4) is 0 Å². The monoisotopic (exact) mass is 232 g/mol. The maximum absolute atomic E-state index is 9.85. The number of anilines is 2. The van der Waals surface area contributed by atoms with Crippen LogP contribution in [-0.2, 0) is 0 Å². The second-order valence-electron chi connectivity index (χ2n) is 4.38. The van der Waals surface area contributed by atoms with E-state index in [9.17, 15) is 5.11 Å². The summed E-state index contributed by atoms with van der Waals surface area (Å²) in [5.41, 5.74) is 6.46. The first-order valence-electron chi connectivity index (χ1n) is 5.81. The SMILES string of the molecule is N#Cc1cc(N)cnc1NC1CCCCC1O. The summed E-state index contributed by atoms with van der Waals surface area (Å²) in [6.45, 7) is 0. The molecule has 0 amide bonds. The van der Waals surface area contributed by atoms with Gasteiger partial charge in [0, 0.05) is 0 Å². The van der Waals surface area contributed by atoms with Crippen LogP contribution in [0, 0.1) is 11.3 Å². The van der Waals surface area contributed by atoms with Gasteiger partial charge in [-0.3, -0.25) is 0 Å². The van der Waals surface area contributed by atoms with Gasteiger partial charge in [0.1, 0.15) is 11.9 Å². The van der Waals surface area contributed by atoms with Crippen LogP contribution in [0.25, 0.3) is 0 Å². The van der Waals surface area contributed by atoms with E-state index in [-0.39, 0.29) is 12.1 Å². The lowest BCUT2D eigenvalue weighted by Crippen LogP contribution is -2.36. The minimum Gasteiger partial charge on any atom is -0.397 e. The van der Waals surface area contributed by atoms with Gasteiger partial charge in [0.05, 0.1) is 29.6 Å². The average molecular weight is 232 g/mol. The van der Waals surface area contributed by atoms with Crippen LogP contribution in [0.1, 0.15) is 31.2 Å². The number of aliphatic hydroxyl groups is 1. The van der Waals surface area contributed by atoms with Gasteiger partial charge in [-0.15, -0.1) is 0 Å². The van der Waals surface area contributed by atoms with Crippen LogP contribution in [0.4, 0.5) is 11.5 Å². The molecule has 17 heavy (non-hydrogen) atoms. The van der Waals surface area contributed by atoms with E-state index in [2.05, 4.69) is 16.4 Å². The molecule has 2 rings (SSSR count). The molecule has 0 spiro atoms. The molecule has 1 saturated carbocycles. The van der Waals surface area contributed by atoms with Crippen LogP contribution in [0.5, 0.6) is 0 Å². The zero-order valence-electron chi connectivity index (χ0n) is 9.56. The van der Waals surface area contributed by atoms with Crippen LogP contribution >= 0.6 is 0 Å². The van der Waals surface area contributed by atoms with Crippen LogP contribution in [0.15, 0.2) is 12.3 Å². The fraction of sp³-hybridized carbons (Fsp3) is 0.500. The lowest BCUT2D eigenvalue weighted by molar-refractivity contribution is 0.116. The third-order valence-corrected chi connectivity index (χ3v) is 3.08. The lowest BCUT2D eigenvalue weighted by Gasteiger charge is -2.29. The van der Waals surface area contributed by atoms with Crippen LogP contribution in [-0.4, -0.2) is 22.2 Å². The average Bonchev–Trinajstić information content (AvgIpc) is 2.34. The Labute approximate surface area is 100 Å². The van der Waals surface area contributed by atoms with Crippen LogP contribution < -0.4 is 11.1 Å². The molecule has 5 nitrogen and oxygen atoms in total. The van der Waals surface area contributed by atoms with E-state index in [1.165, 1.54) is 6.20 Å². The molecule has 1 heterocycles. The van der Waals surface area contributed by atoms with E-state index < -0.39 is 0 Å². The van der Waals surface area contributed by atoms with Crippen molar-refractivity contribution < 1.29 is 5.11 Å². The fourth-order valence-electron chi connectivity index (χ4n) is 2.14. The van der Waals surface area contributed by atoms with Gasteiger partial charge in [0.25, 0.3) is 0 Å². The summed E-state index contributed by atoms with van der Waals surface area (Å²) >= 11 is 0. The van der Waals surface area contributed by atoms with E-state index in [0.717, 1.165) is 25.7 Å². The Bertz CT molecular complexity index is 441. The summed E-state index contributed by atoms with van der Waals surface area (Å²) in [6.07, 6.45) is 4.99. The molecule has 1 aromatic heterocycles. The third-order valence-electron chi connectivity index (χ3n) is 3.08. The Hall–Kier alpha value is -1.80. The number of hydrogen-bond acceptors (Lipinski definition) is 5. The van der Waals surface area contributed by atoms with E-state index in [0.29, 0.717) is 17.1 Å². The molecule has 0 aliphatic heterocycles. The molecular formula is C12H16N4O. The molecule has 90 valence electrons. The number of rotatable bonds is 2. The molecule has 4 N–H and O–H groups in total. The zero-order valence-corrected chi connectivity index (χ0v) is 9.56. The second-order valence-corrected chi connectivity index (χ2v) is 4.38. The first-order chi connectivity index (χ1) is 8.20. The number of pyridine rings is 1. The summed E-state index contributed by atoms with van der Waals surface area (Å²) in [4.78, 5) is 4.11. The largest absolute Gasteiger partial charge is 0.397 e. The molecule has 2 atom stereocenters. The van der Waals surface area contributed by atoms with Gasteiger partial charge in [-0.1, -0.05) is 12.8 Å². The molecule has 0 aromatic carbocycles. The van der Waals surface area contributed by atoms with Gasteiger partial charge < -0.3 is 16.2 Å². The number of nitrogen functional groups attached to an aromatic ring is 1. The van der Waals surface area contributed by atoms with Gasteiger partial charge in [-0.05, 0) is 18.9 Å². The van der Waals surface area contributed by atoms with Gasteiger partial charge in [0.15, 0.2) is 0 Å². The van der Waals surface area contributed by atoms with Gasteiger partial charge in [-0.2, -0.15) is 5.26 Å². The van der Waals surface area contributed by atoms with E-state index in [1.807, 2.05) is 0 Å². The lowest BCUT2D eigenvalue weighted by atomic mass is 9.92. The highest BCUT2D eigenvalue weighted by molar-refractivity contribution is 5.57. The molecule has 1 fully saturated rings. The number of nitriles is 1. The molecule has 0 radical (unpaired) electrons. The minimum atomic E-state index is -0.366. The molecule has 2 unspecified atom stereocenters. The van der Waals surface area contributed by atoms with Gasteiger partial charge in [0.2, 0.25) is 0 Å². The quantitative estimate of drug-likeness (QED) is 0.713. The fourth-order valence-corrected chi connectivity index (χ4v) is 2.14. The number of nitrogens with two attached hydrogens (primary N) is 1. The molecule has 0 bridgehead atoms. The summed E-state index contributed by atoms with van der Waals surface area (Å²) in [5.74, 6) is 0.507. The highest BCUT2D eigenvalue weighted by Crippen LogP contribution is 2.23. The molecule has 1 aromatic rings. The summed E-state index contributed by atoms with van der Waals surface area (Å²) in [6, 6.07) is 3.62. The maximum atomic E-state index is 9.85. The number of hydrogen-bond donors (Lipinski definition) is 3. The Balaban J connectivity index is 2.15. The summed E-state index contributed by atoms with van der Waals surface area (Å²) in [7, 11) is 0. The Kier molecular flexibility index (Phi) is 3.45. The van der Waals surface area contributed by atoms with Crippen molar-refractivity contribution in [3.63, 3.8) is 0 Å². The zero-order chi connectivity index (χ0) is 12.3. The number of nitrogens with one attached hydrogen (secondary N) is 1. The first kappa shape index (κ1) is 11.7. The molecule has 0 saturated heterocycles. The Morgan fingerprint density at radius 3 is 2.94 bits per heavy atom. The predicted octanol–water partition coefficient (Wildman–Crippen LogP) is 1.25. The van der Waals surface area contributed by atoms with E-state index in [4.69, 9.17) is 11.0 Å². The van der Waals surface area contributed by atoms with E-state index in [1.54, 1.807) is 6.07 Å². The topological polar surface area (TPSA) is 95.0 Å².